The third-order valence-electron chi connectivity index (χ3n) is 3.41. The highest BCUT2D eigenvalue weighted by atomic mass is 19.1. The average Bonchev–Trinajstić information content (AvgIpc) is 2.68. The summed E-state index contributed by atoms with van der Waals surface area (Å²) in [6.45, 7) is 0.873. The standard InChI is InChI=1S/C13H19FN2/c1-16(13-7-6-12(15)8-13)9-10-2-4-11(14)5-3-10/h2-5,12-13H,6-9,15H2,1H3. The van der Waals surface area contributed by atoms with Gasteiger partial charge in [0.2, 0.25) is 0 Å². The first kappa shape index (κ1) is 11.6. The molecule has 1 aromatic carbocycles. The molecule has 88 valence electrons. The van der Waals surface area contributed by atoms with Gasteiger partial charge in [-0.15, -0.1) is 0 Å². The molecule has 3 heteroatoms. The molecule has 2 atom stereocenters. The van der Waals surface area contributed by atoms with E-state index in [1.54, 1.807) is 0 Å². The smallest absolute Gasteiger partial charge is 0.123 e. The largest absolute Gasteiger partial charge is 0.328 e. The van der Waals surface area contributed by atoms with E-state index in [2.05, 4.69) is 11.9 Å². The van der Waals surface area contributed by atoms with E-state index < -0.39 is 0 Å². The number of hydrogen-bond donors (Lipinski definition) is 1. The minimum atomic E-state index is -0.172. The van der Waals surface area contributed by atoms with Crippen LogP contribution in [0.3, 0.4) is 0 Å². The molecule has 2 nitrogen and oxygen atoms in total. The van der Waals surface area contributed by atoms with Crippen LogP contribution in [0.1, 0.15) is 24.8 Å². The number of rotatable bonds is 3. The lowest BCUT2D eigenvalue weighted by Gasteiger charge is -2.24. The minimum absolute atomic E-state index is 0.172. The third kappa shape index (κ3) is 2.80. The van der Waals surface area contributed by atoms with Gasteiger partial charge >= 0.3 is 0 Å². The molecule has 1 saturated carbocycles. The van der Waals surface area contributed by atoms with Gasteiger partial charge in [0.15, 0.2) is 0 Å². The molecular formula is C13H19FN2. The summed E-state index contributed by atoms with van der Waals surface area (Å²) < 4.78 is 12.7. The molecule has 0 amide bonds. The monoisotopic (exact) mass is 222 g/mol. The van der Waals surface area contributed by atoms with Crippen LogP contribution in [0.2, 0.25) is 0 Å². The fourth-order valence-corrected chi connectivity index (χ4v) is 2.40. The predicted molar refractivity (Wildman–Crippen MR) is 63.5 cm³/mol. The highest BCUT2D eigenvalue weighted by molar-refractivity contribution is 5.16. The van der Waals surface area contributed by atoms with Gasteiger partial charge in [-0.25, -0.2) is 4.39 Å². The van der Waals surface area contributed by atoms with Crippen molar-refractivity contribution >= 4 is 0 Å². The minimum Gasteiger partial charge on any atom is -0.328 e. The van der Waals surface area contributed by atoms with E-state index in [1.807, 2.05) is 12.1 Å². The van der Waals surface area contributed by atoms with Crippen LogP contribution in [-0.4, -0.2) is 24.0 Å². The van der Waals surface area contributed by atoms with Gasteiger partial charge in [-0.3, -0.25) is 4.90 Å². The molecule has 0 aliphatic heterocycles. The molecular weight excluding hydrogens is 203 g/mol. The third-order valence-corrected chi connectivity index (χ3v) is 3.41. The first-order valence-corrected chi connectivity index (χ1v) is 5.85. The van der Waals surface area contributed by atoms with Crippen molar-refractivity contribution in [3.8, 4) is 0 Å². The maximum Gasteiger partial charge on any atom is 0.123 e. The predicted octanol–water partition coefficient (Wildman–Crippen LogP) is 2.14. The Kier molecular flexibility index (Phi) is 3.56. The second-order valence-electron chi connectivity index (χ2n) is 4.77. The fraction of sp³-hybridized carbons (Fsp3) is 0.538. The summed E-state index contributed by atoms with van der Waals surface area (Å²) in [7, 11) is 2.12. The van der Waals surface area contributed by atoms with Crippen molar-refractivity contribution in [1.29, 1.82) is 0 Å². The van der Waals surface area contributed by atoms with Crippen molar-refractivity contribution in [1.82, 2.24) is 4.90 Å². The van der Waals surface area contributed by atoms with Crippen LogP contribution >= 0.6 is 0 Å². The summed E-state index contributed by atoms with van der Waals surface area (Å²) >= 11 is 0. The van der Waals surface area contributed by atoms with Gasteiger partial charge in [0, 0.05) is 18.6 Å². The Hall–Kier alpha value is -0.930. The molecule has 1 aliphatic rings. The molecule has 0 aromatic heterocycles. The Morgan fingerprint density at radius 3 is 2.56 bits per heavy atom. The van der Waals surface area contributed by atoms with Crippen LogP contribution in [0.5, 0.6) is 0 Å². The van der Waals surface area contributed by atoms with Crippen molar-refractivity contribution < 1.29 is 4.39 Å². The Labute approximate surface area is 96.2 Å². The summed E-state index contributed by atoms with van der Waals surface area (Å²) in [5.41, 5.74) is 7.06. The maximum atomic E-state index is 12.7. The molecule has 2 rings (SSSR count). The molecule has 1 aromatic rings. The second-order valence-corrected chi connectivity index (χ2v) is 4.77. The van der Waals surface area contributed by atoms with Crippen molar-refractivity contribution in [3.05, 3.63) is 35.6 Å². The van der Waals surface area contributed by atoms with Gasteiger partial charge in [0.1, 0.15) is 5.82 Å². The number of nitrogens with zero attached hydrogens (tertiary/aromatic N) is 1. The molecule has 16 heavy (non-hydrogen) atoms. The van der Waals surface area contributed by atoms with E-state index in [0.29, 0.717) is 12.1 Å². The van der Waals surface area contributed by atoms with Gasteiger partial charge in [-0.05, 0) is 44.0 Å². The quantitative estimate of drug-likeness (QED) is 0.849. The van der Waals surface area contributed by atoms with Gasteiger partial charge in [-0.1, -0.05) is 12.1 Å². The van der Waals surface area contributed by atoms with E-state index in [1.165, 1.54) is 18.6 Å². The Bertz CT molecular complexity index is 336. The Morgan fingerprint density at radius 1 is 1.31 bits per heavy atom. The van der Waals surface area contributed by atoms with Crippen molar-refractivity contribution in [2.45, 2.75) is 37.9 Å². The van der Waals surface area contributed by atoms with E-state index in [0.717, 1.165) is 24.9 Å². The maximum absolute atomic E-state index is 12.7. The lowest BCUT2D eigenvalue weighted by Crippen LogP contribution is -2.30. The van der Waals surface area contributed by atoms with Crippen molar-refractivity contribution in [3.63, 3.8) is 0 Å². The van der Waals surface area contributed by atoms with Gasteiger partial charge in [0.05, 0.1) is 0 Å². The average molecular weight is 222 g/mol. The molecule has 0 saturated heterocycles. The lowest BCUT2D eigenvalue weighted by molar-refractivity contribution is 0.235. The van der Waals surface area contributed by atoms with E-state index in [4.69, 9.17) is 5.73 Å². The SMILES string of the molecule is CN(Cc1ccc(F)cc1)C1CCC(N)C1. The molecule has 0 heterocycles. The number of benzene rings is 1. The molecule has 2 N–H and O–H groups in total. The number of halogens is 1. The first-order chi connectivity index (χ1) is 7.65. The number of nitrogens with two attached hydrogens (primary N) is 1. The summed E-state index contributed by atoms with van der Waals surface area (Å²) in [6.07, 6.45) is 3.38. The number of hydrogen-bond acceptors (Lipinski definition) is 2. The van der Waals surface area contributed by atoms with Gasteiger partial charge in [0.25, 0.3) is 0 Å². The Balaban J connectivity index is 1.91. The summed E-state index contributed by atoms with van der Waals surface area (Å²) in [5, 5.41) is 0. The van der Waals surface area contributed by atoms with Crippen LogP contribution in [0.25, 0.3) is 0 Å². The summed E-state index contributed by atoms with van der Waals surface area (Å²) in [5.74, 6) is -0.172. The van der Waals surface area contributed by atoms with Crippen LogP contribution in [-0.2, 0) is 6.54 Å². The van der Waals surface area contributed by atoms with Crippen LogP contribution in [0.15, 0.2) is 24.3 Å². The van der Waals surface area contributed by atoms with Crippen molar-refractivity contribution in [2.24, 2.45) is 5.73 Å². The van der Waals surface area contributed by atoms with Crippen LogP contribution in [0.4, 0.5) is 4.39 Å². The molecule has 1 aliphatic carbocycles. The lowest BCUT2D eigenvalue weighted by atomic mass is 10.1. The van der Waals surface area contributed by atoms with Crippen LogP contribution in [0, 0.1) is 5.82 Å². The zero-order chi connectivity index (χ0) is 11.5. The molecule has 2 unspecified atom stereocenters. The normalized spacial score (nSPS) is 25.2. The molecule has 1 fully saturated rings. The van der Waals surface area contributed by atoms with Crippen LogP contribution < -0.4 is 5.73 Å². The van der Waals surface area contributed by atoms with Gasteiger partial charge in [-0.2, -0.15) is 0 Å². The topological polar surface area (TPSA) is 29.3 Å². The van der Waals surface area contributed by atoms with E-state index in [-0.39, 0.29) is 5.82 Å². The molecule has 0 spiro atoms. The molecule has 0 radical (unpaired) electrons. The highest BCUT2D eigenvalue weighted by Crippen LogP contribution is 2.23. The molecule has 0 bridgehead atoms. The second kappa shape index (κ2) is 4.93. The summed E-state index contributed by atoms with van der Waals surface area (Å²) in [6, 6.07) is 7.68. The first-order valence-electron chi connectivity index (χ1n) is 5.85. The zero-order valence-corrected chi connectivity index (χ0v) is 9.70. The zero-order valence-electron chi connectivity index (χ0n) is 9.70. The summed E-state index contributed by atoms with van der Waals surface area (Å²) in [4.78, 5) is 2.32. The van der Waals surface area contributed by atoms with E-state index >= 15 is 0 Å². The fourth-order valence-electron chi connectivity index (χ4n) is 2.40. The van der Waals surface area contributed by atoms with E-state index in [9.17, 15) is 4.39 Å². The van der Waals surface area contributed by atoms with Crippen molar-refractivity contribution in [2.75, 3.05) is 7.05 Å². The Morgan fingerprint density at radius 2 is 2.00 bits per heavy atom. The highest BCUT2D eigenvalue weighted by Gasteiger charge is 2.24. The van der Waals surface area contributed by atoms with Gasteiger partial charge < -0.3 is 5.73 Å².